The Morgan fingerprint density at radius 3 is 2.87 bits per heavy atom. The maximum atomic E-state index is 9.29. The van der Waals surface area contributed by atoms with E-state index in [0.29, 0.717) is 11.7 Å². The summed E-state index contributed by atoms with van der Waals surface area (Å²) in [6.07, 6.45) is 0.990. The third kappa shape index (κ3) is 3.49. The number of hydrogen-bond donors (Lipinski definition) is 1. The summed E-state index contributed by atoms with van der Waals surface area (Å²) in [5.74, 6) is 1.61. The SMILES string of the molecule is Cc1cc(O)ccc1C(C)CCSC#N. The van der Waals surface area contributed by atoms with Crippen LogP contribution in [-0.4, -0.2) is 10.9 Å². The van der Waals surface area contributed by atoms with E-state index in [1.165, 1.54) is 17.3 Å². The van der Waals surface area contributed by atoms with E-state index in [0.717, 1.165) is 17.7 Å². The van der Waals surface area contributed by atoms with Crippen molar-refractivity contribution < 1.29 is 5.11 Å². The minimum atomic E-state index is 0.315. The van der Waals surface area contributed by atoms with Crippen LogP contribution in [0.3, 0.4) is 0 Å². The first kappa shape index (κ1) is 11.9. The molecule has 15 heavy (non-hydrogen) atoms. The van der Waals surface area contributed by atoms with Crippen molar-refractivity contribution in [3.05, 3.63) is 29.3 Å². The Hall–Kier alpha value is -1.14. The zero-order valence-electron chi connectivity index (χ0n) is 9.03. The second kappa shape index (κ2) is 5.67. The van der Waals surface area contributed by atoms with E-state index in [2.05, 4.69) is 12.3 Å². The summed E-state index contributed by atoms with van der Waals surface area (Å²) in [5, 5.41) is 19.8. The largest absolute Gasteiger partial charge is 0.508 e. The number of phenolic OH excluding ortho intramolecular Hbond substituents is 1. The number of thiocyanates is 1. The summed E-state index contributed by atoms with van der Waals surface area (Å²) < 4.78 is 0. The van der Waals surface area contributed by atoms with E-state index in [1.807, 2.05) is 13.0 Å². The lowest BCUT2D eigenvalue weighted by molar-refractivity contribution is 0.474. The minimum absolute atomic E-state index is 0.315. The molecule has 0 radical (unpaired) electrons. The molecule has 0 amide bonds. The van der Waals surface area contributed by atoms with Gasteiger partial charge in [0, 0.05) is 5.75 Å². The van der Waals surface area contributed by atoms with Gasteiger partial charge in [-0.25, -0.2) is 0 Å². The summed E-state index contributed by atoms with van der Waals surface area (Å²) in [6.45, 7) is 4.15. The van der Waals surface area contributed by atoms with E-state index in [4.69, 9.17) is 5.26 Å². The van der Waals surface area contributed by atoms with Crippen LogP contribution in [-0.2, 0) is 0 Å². The Kier molecular flexibility index (Phi) is 4.51. The van der Waals surface area contributed by atoms with Gasteiger partial charge in [-0.3, -0.25) is 0 Å². The van der Waals surface area contributed by atoms with Crippen molar-refractivity contribution in [2.24, 2.45) is 0 Å². The van der Waals surface area contributed by atoms with E-state index in [1.54, 1.807) is 12.1 Å². The molecule has 0 heterocycles. The van der Waals surface area contributed by atoms with Crippen molar-refractivity contribution in [1.29, 1.82) is 5.26 Å². The fourth-order valence-corrected chi connectivity index (χ4v) is 2.21. The molecule has 0 spiro atoms. The monoisotopic (exact) mass is 221 g/mol. The third-order valence-electron chi connectivity index (χ3n) is 2.50. The Bertz CT molecular complexity index is 370. The number of aromatic hydroxyl groups is 1. The van der Waals surface area contributed by atoms with Crippen LogP contribution in [0.15, 0.2) is 18.2 Å². The Morgan fingerprint density at radius 2 is 2.27 bits per heavy atom. The smallest absolute Gasteiger partial charge is 0.133 e. The molecule has 0 saturated carbocycles. The predicted octanol–water partition coefficient (Wildman–Crippen LogP) is 3.41. The van der Waals surface area contributed by atoms with Crippen molar-refractivity contribution in [3.63, 3.8) is 0 Å². The standard InChI is InChI=1S/C12H15NOS/c1-9(5-6-15-8-13)12-4-3-11(14)7-10(12)2/h3-4,7,9,14H,5-6H2,1-2H3. The Balaban J connectivity index is 2.66. The van der Waals surface area contributed by atoms with E-state index < -0.39 is 0 Å². The molecule has 1 atom stereocenters. The number of nitrogens with zero attached hydrogens (tertiary/aromatic N) is 1. The van der Waals surface area contributed by atoms with Crippen molar-refractivity contribution in [1.82, 2.24) is 0 Å². The molecule has 1 aromatic carbocycles. The first-order valence-electron chi connectivity index (χ1n) is 4.95. The second-order valence-corrected chi connectivity index (χ2v) is 4.55. The fraction of sp³-hybridized carbons (Fsp3) is 0.417. The van der Waals surface area contributed by atoms with E-state index >= 15 is 0 Å². The van der Waals surface area contributed by atoms with Gasteiger partial charge >= 0.3 is 0 Å². The van der Waals surface area contributed by atoms with Crippen molar-refractivity contribution in [2.75, 3.05) is 5.75 Å². The van der Waals surface area contributed by atoms with Crippen LogP contribution in [0.5, 0.6) is 5.75 Å². The number of thioether (sulfide) groups is 1. The number of aryl methyl sites for hydroxylation is 1. The summed E-state index contributed by atoms with van der Waals surface area (Å²) in [6, 6.07) is 5.46. The van der Waals surface area contributed by atoms with Crippen molar-refractivity contribution in [2.45, 2.75) is 26.2 Å². The van der Waals surface area contributed by atoms with Gasteiger partial charge in [0.05, 0.1) is 0 Å². The second-order valence-electron chi connectivity index (χ2n) is 3.67. The van der Waals surface area contributed by atoms with Crippen molar-refractivity contribution >= 4 is 11.8 Å². The zero-order chi connectivity index (χ0) is 11.3. The average molecular weight is 221 g/mol. The van der Waals surface area contributed by atoms with Gasteiger partial charge in [0.25, 0.3) is 0 Å². The number of nitriles is 1. The molecule has 2 nitrogen and oxygen atoms in total. The average Bonchev–Trinajstić information content (AvgIpc) is 2.17. The van der Waals surface area contributed by atoms with Gasteiger partial charge in [-0.2, -0.15) is 5.26 Å². The van der Waals surface area contributed by atoms with Crippen molar-refractivity contribution in [3.8, 4) is 11.2 Å². The molecule has 1 aromatic rings. The Morgan fingerprint density at radius 1 is 1.53 bits per heavy atom. The zero-order valence-corrected chi connectivity index (χ0v) is 9.84. The molecule has 0 bridgehead atoms. The summed E-state index contributed by atoms with van der Waals surface area (Å²) >= 11 is 1.30. The molecule has 3 heteroatoms. The predicted molar refractivity (Wildman–Crippen MR) is 63.9 cm³/mol. The van der Waals surface area contributed by atoms with Crippen LogP contribution in [0.4, 0.5) is 0 Å². The quantitative estimate of drug-likeness (QED) is 0.626. The van der Waals surface area contributed by atoms with Crippen LogP contribution in [0.2, 0.25) is 0 Å². The maximum absolute atomic E-state index is 9.29. The number of hydrogen-bond acceptors (Lipinski definition) is 3. The molecule has 1 unspecified atom stereocenters. The highest BCUT2D eigenvalue weighted by Crippen LogP contribution is 2.26. The maximum Gasteiger partial charge on any atom is 0.133 e. The molecular formula is C12H15NOS. The minimum Gasteiger partial charge on any atom is -0.508 e. The number of benzene rings is 1. The molecular weight excluding hydrogens is 206 g/mol. The Labute approximate surface area is 94.9 Å². The highest BCUT2D eigenvalue weighted by molar-refractivity contribution is 8.03. The molecule has 0 aromatic heterocycles. The highest BCUT2D eigenvalue weighted by atomic mass is 32.2. The van der Waals surface area contributed by atoms with E-state index in [9.17, 15) is 5.11 Å². The fourth-order valence-electron chi connectivity index (χ4n) is 1.65. The lowest BCUT2D eigenvalue weighted by atomic mass is 9.94. The van der Waals surface area contributed by atoms with Gasteiger partial charge in [0.2, 0.25) is 0 Å². The van der Waals surface area contributed by atoms with E-state index in [-0.39, 0.29) is 0 Å². The molecule has 0 saturated heterocycles. The lowest BCUT2D eigenvalue weighted by Crippen LogP contribution is -1.97. The molecule has 80 valence electrons. The number of phenols is 1. The first-order valence-corrected chi connectivity index (χ1v) is 5.94. The third-order valence-corrected chi connectivity index (χ3v) is 3.07. The summed E-state index contributed by atoms with van der Waals surface area (Å²) in [4.78, 5) is 0. The van der Waals surface area contributed by atoms with Crippen LogP contribution in [0.1, 0.15) is 30.4 Å². The summed E-state index contributed by atoms with van der Waals surface area (Å²) in [5.41, 5.74) is 2.37. The molecule has 0 fully saturated rings. The first-order chi connectivity index (χ1) is 7.15. The molecule has 1 rings (SSSR count). The lowest BCUT2D eigenvalue weighted by Gasteiger charge is -2.13. The van der Waals surface area contributed by atoms with Gasteiger partial charge in [-0.1, -0.05) is 13.0 Å². The molecule has 0 aliphatic rings. The summed E-state index contributed by atoms with van der Waals surface area (Å²) in [7, 11) is 0. The van der Waals surface area contributed by atoms with Crippen LogP contribution in [0.25, 0.3) is 0 Å². The van der Waals surface area contributed by atoms with Gasteiger partial charge in [-0.15, -0.1) is 0 Å². The molecule has 1 N–H and O–H groups in total. The van der Waals surface area contributed by atoms with Gasteiger partial charge in [0.1, 0.15) is 11.2 Å². The highest BCUT2D eigenvalue weighted by Gasteiger charge is 2.08. The normalized spacial score (nSPS) is 12.1. The van der Waals surface area contributed by atoms with Gasteiger partial charge in [0.15, 0.2) is 0 Å². The van der Waals surface area contributed by atoms with Crippen LogP contribution in [0, 0.1) is 17.6 Å². The van der Waals surface area contributed by atoms with Gasteiger partial charge in [-0.05, 0) is 54.3 Å². The van der Waals surface area contributed by atoms with Crippen LogP contribution < -0.4 is 0 Å². The molecule has 0 aliphatic heterocycles. The van der Waals surface area contributed by atoms with Crippen LogP contribution >= 0.6 is 11.8 Å². The topological polar surface area (TPSA) is 44.0 Å². The van der Waals surface area contributed by atoms with Gasteiger partial charge < -0.3 is 5.11 Å². The number of rotatable bonds is 4. The molecule has 0 aliphatic carbocycles.